The van der Waals surface area contributed by atoms with Crippen molar-refractivity contribution in [3.05, 3.63) is 29.3 Å². The summed E-state index contributed by atoms with van der Waals surface area (Å²) in [5.41, 5.74) is 1.73. The largest absolute Gasteiger partial charge is 0.483 e. The van der Waals surface area contributed by atoms with Gasteiger partial charge in [-0.05, 0) is 31.4 Å². The lowest BCUT2D eigenvalue weighted by atomic mass is 10.1. The Hall–Kier alpha value is -1.55. The number of aliphatic hydroxyl groups excluding tert-OH is 1. The van der Waals surface area contributed by atoms with Crippen molar-refractivity contribution >= 4 is 5.91 Å². The van der Waals surface area contributed by atoms with E-state index in [0.717, 1.165) is 5.56 Å². The van der Waals surface area contributed by atoms with Crippen LogP contribution < -0.4 is 10.1 Å². The Morgan fingerprint density at radius 1 is 1.37 bits per heavy atom. The first kappa shape index (κ1) is 15.5. The minimum atomic E-state index is -0.616. The van der Waals surface area contributed by atoms with Crippen LogP contribution in [-0.4, -0.2) is 24.2 Å². The zero-order valence-corrected chi connectivity index (χ0v) is 12.1. The molecule has 19 heavy (non-hydrogen) atoms. The molecular weight excluding hydrogens is 242 g/mol. The maximum atomic E-state index is 11.6. The highest BCUT2D eigenvalue weighted by atomic mass is 16.5. The summed E-state index contributed by atoms with van der Waals surface area (Å²) in [5.74, 6) is 0.831. The molecule has 0 fully saturated rings. The summed E-state index contributed by atoms with van der Waals surface area (Å²) in [6.45, 7) is 8.30. The Bertz CT molecular complexity index is 427. The third-order valence-corrected chi connectivity index (χ3v) is 2.69. The molecule has 1 aromatic rings. The van der Waals surface area contributed by atoms with Gasteiger partial charge >= 0.3 is 0 Å². The van der Waals surface area contributed by atoms with Gasteiger partial charge in [-0.1, -0.05) is 26.0 Å². The predicted molar refractivity (Wildman–Crippen MR) is 75.2 cm³/mol. The molecule has 0 spiro atoms. The number of aryl methyl sites for hydroxylation is 1. The van der Waals surface area contributed by atoms with Crippen molar-refractivity contribution in [3.63, 3.8) is 0 Å². The van der Waals surface area contributed by atoms with Crippen molar-refractivity contribution < 1.29 is 14.6 Å². The first-order valence-corrected chi connectivity index (χ1v) is 6.58. The number of amides is 1. The third kappa shape index (κ3) is 5.30. The van der Waals surface area contributed by atoms with Crippen LogP contribution in [0.2, 0.25) is 0 Å². The van der Waals surface area contributed by atoms with Gasteiger partial charge in [0.05, 0.1) is 6.10 Å². The van der Waals surface area contributed by atoms with Crippen LogP contribution in [0.25, 0.3) is 0 Å². The number of carbonyl (C=O) groups is 1. The van der Waals surface area contributed by atoms with Gasteiger partial charge < -0.3 is 15.2 Å². The summed E-state index contributed by atoms with van der Waals surface area (Å²) in [7, 11) is 0. The van der Waals surface area contributed by atoms with Gasteiger partial charge in [0.2, 0.25) is 0 Å². The summed E-state index contributed by atoms with van der Waals surface area (Å²) in [5, 5.41) is 12.4. The fraction of sp³-hybridized carbons (Fsp3) is 0.533. The molecule has 4 nitrogen and oxygen atoms in total. The van der Waals surface area contributed by atoms with Gasteiger partial charge in [-0.25, -0.2) is 0 Å². The summed E-state index contributed by atoms with van der Waals surface area (Å²) in [6.07, 6.45) is -0.616. The molecule has 0 radical (unpaired) electrons. The van der Waals surface area contributed by atoms with Gasteiger partial charge in [0.25, 0.3) is 5.91 Å². The molecular formula is C15H23NO3. The van der Waals surface area contributed by atoms with Crippen LogP contribution in [0.15, 0.2) is 18.2 Å². The number of hydrogen-bond acceptors (Lipinski definition) is 3. The van der Waals surface area contributed by atoms with Crippen molar-refractivity contribution in [1.29, 1.82) is 0 Å². The van der Waals surface area contributed by atoms with Crippen LogP contribution in [0.5, 0.6) is 5.75 Å². The smallest absolute Gasteiger partial charge is 0.257 e. The monoisotopic (exact) mass is 265 g/mol. The molecule has 0 saturated heterocycles. The lowest BCUT2D eigenvalue weighted by Gasteiger charge is -2.14. The van der Waals surface area contributed by atoms with Gasteiger partial charge in [-0.15, -0.1) is 0 Å². The highest BCUT2D eigenvalue weighted by Crippen LogP contribution is 2.26. The molecule has 1 aromatic carbocycles. The van der Waals surface area contributed by atoms with E-state index in [-0.39, 0.29) is 12.5 Å². The Labute approximate surface area is 114 Å². The van der Waals surface area contributed by atoms with Crippen LogP contribution in [0, 0.1) is 12.8 Å². The van der Waals surface area contributed by atoms with E-state index in [1.165, 1.54) is 0 Å². The Morgan fingerprint density at radius 2 is 2.05 bits per heavy atom. The van der Waals surface area contributed by atoms with E-state index in [1.807, 2.05) is 39.0 Å². The Morgan fingerprint density at radius 3 is 2.63 bits per heavy atom. The number of benzene rings is 1. The average molecular weight is 265 g/mol. The fourth-order valence-electron chi connectivity index (χ4n) is 1.62. The van der Waals surface area contributed by atoms with Gasteiger partial charge in [-0.2, -0.15) is 0 Å². The van der Waals surface area contributed by atoms with Crippen LogP contribution in [0.4, 0.5) is 0 Å². The summed E-state index contributed by atoms with van der Waals surface area (Å²) >= 11 is 0. The molecule has 1 rings (SSSR count). The third-order valence-electron chi connectivity index (χ3n) is 2.69. The molecule has 0 aliphatic carbocycles. The highest BCUT2D eigenvalue weighted by molar-refractivity contribution is 5.77. The first-order chi connectivity index (χ1) is 8.90. The molecule has 0 aliphatic rings. The van der Waals surface area contributed by atoms with Crippen molar-refractivity contribution in [2.45, 2.75) is 33.8 Å². The molecule has 0 aromatic heterocycles. The highest BCUT2D eigenvalue weighted by Gasteiger charge is 2.11. The number of aliphatic hydroxyl groups is 1. The number of rotatable bonds is 6. The first-order valence-electron chi connectivity index (χ1n) is 6.58. The van der Waals surface area contributed by atoms with E-state index in [1.54, 1.807) is 6.92 Å². The molecule has 1 atom stereocenters. The molecule has 0 bridgehead atoms. The summed E-state index contributed by atoms with van der Waals surface area (Å²) in [4.78, 5) is 11.6. The second-order valence-corrected chi connectivity index (χ2v) is 5.20. The van der Waals surface area contributed by atoms with E-state index in [4.69, 9.17) is 4.74 Å². The lowest BCUT2D eigenvalue weighted by molar-refractivity contribution is -0.123. The van der Waals surface area contributed by atoms with Crippen LogP contribution in [-0.2, 0) is 4.79 Å². The van der Waals surface area contributed by atoms with Gasteiger partial charge in [0, 0.05) is 12.1 Å². The van der Waals surface area contributed by atoms with E-state index in [9.17, 15) is 9.90 Å². The van der Waals surface area contributed by atoms with Crippen molar-refractivity contribution in [2.24, 2.45) is 5.92 Å². The predicted octanol–water partition coefficient (Wildman–Crippen LogP) is 2.20. The fourth-order valence-corrected chi connectivity index (χ4v) is 1.62. The topological polar surface area (TPSA) is 58.6 Å². The van der Waals surface area contributed by atoms with E-state index >= 15 is 0 Å². The van der Waals surface area contributed by atoms with Crippen molar-refractivity contribution in [3.8, 4) is 5.75 Å². The summed E-state index contributed by atoms with van der Waals surface area (Å²) < 4.78 is 5.50. The van der Waals surface area contributed by atoms with Gasteiger partial charge in [-0.3, -0.25) is 4.79 Å². The quantitative estimate of drug-likeness (QED) is 0.829. The maximum absolute atomic E-state index is 11.6. The van der Waals surface area contributed by atoms with Crippen molar-refractivity contribution in [1.82, 2.24) is 5.32 Å². The maximum Gasteiger partial charge on any atom is 0.257 e. The SMILES string of the molecule is Cc1ccc(C(C)O)c(OCC(=O)NCC(C)C)c1. The minimum absolute atomic E-state index is 0.0319. The molecule has 0 aliphatic heterocycles. The minimum Gasteiger partial charge on any atom is -0.483 e. The number of nitrogens with one attached hydrogen (secondary N) is 1. The van der Waals surface area contributed by atoms with Crippen LogP contribution >= 0.6 is 0 Å². The molecule has 1 unspecified atom stereocenters. The molecule has 0 saturated carbocycles. The average Bonchev–Trinajstić information content (AvgIpc) is 2.33. The standard InChI is InChI=1S/C15H23NO3/c1-10(2)8-16-15(18)9-19-14-7-11(3)5-6-13(14)12(4)17/h5-7,10,12,17H,8-9H2,1-4H3,(H,16,18). The molecule has 106 valence electrons. The van der Waals surface area contributed by atoms with Gasteiger partial charge in [0.1, 0.15) is 5.75 Å². The second-order valence-electron chi connectivity index (χ2n) is 5.20. The number of carbonyl (C=O) groups excluding carboxylic acids is 1. The van der Waals surface area contributed by atoms with E-state index in [2.05, 4.69) is 5.32 Å². The normalized spacial score (nSPS) is 12.3. The Kier molecular flexibility index (Phi) is 5.83. The molecule has 2 N–H and O–H groups in total. The zero-order chi connectivity index (χ0) is 14.4. The molecule has 4 heteroatoms. The van der Waals surface area contributed by atoms with Crippen LogP contribution in [0.3, 0.4) is 0 Å². The Balaban J connectivity index is 2.61. The number of hydrogen-bond donors (Lipinski definition) is 2. The number of ether oxygens (including phenoxy) is 1. The second kappa shape index (κ2) is 7.14. The molecule has 1 amide bonds. The summed E-state index contributed by atoms with van der Waals surface area (Å²) in [6, 6.07) is 5.56. The van der Waals surface area contributed by atoms with Crippen LogP contribution in [0.1, 0.15) is 38.0 Å². The van der Waals surface area contributed by atoms with Crippen molar-refractivity contribution in [2.75, 3.05) is 13.2 Å². The van der Waals surface area contributed by atoms with E-state index < -0.39 is 6.10 Å². The molecule has 0 heterocycles. The lowest BCUT2D eigenvalue weighted by Crippen LogP contribution is -2.31. The zero-order valence-electron chi connectivity index (χ0n) is 12.1. The van der Waals surface area contributed by atoms with Gasteiger partial charge in [0.15, 0.2) is 6.61 Å². The van der Waals surface area contributed by atoms with E-state index in [0.29, 0.717) is 23.8 Å².